The maximum atomic E-state index is 13.8. The van der Waals surface area contributed by atoms with Gasteiger partial charge in [0.2, 0.25) is 0 Å². The zero-order chi connectivity index (χ0) is 24.5. The van der Waals surface area contributed by atoms with Crippen molar-refractivity contribution in [1.82, 2.24) is 15.2 Å². The Hall–Kier alpha value is -3.42. The number of H-pyrrole nitrogens is 1. The van der Waals surface area contributed by atoms with Crippen molar-refractivity contribution in [2.24, 2.45) is 0 Å². The summed E-state index contributed by atoms with van der Waals surface area (Å²) >= 11 is 6.03. The number of aromatic amines is 1. The monoisotopic (exact) mass is 492 g/mol. The Labute approximate surface area is 208 Å². The molecule has 0 spiro atoms. The lowest BCUT2D eigenvalue weighted by atomic mass is 9.94. The van der Waals surface area contributed by atoms with E-state index in [-0.39, 0.29) is 16.8 Å². The third kappa shape index (κ3) is 4.74. The molecule has 1 fully saturated rings. The molecule has 180 valence electrons. The molecule has 2 amide bonds. The summed E-state index contributed by atoms with van der Waals surface area (Å²) in [6.45, 7) is 5.42. The highest BCUT2D eigenvalue weighted by molar-refractivity contribution is 6.36. The molecule has 8 heteroatoms. The van der Waals surface area contributed by atoms with Gasteiger partial charge < -0.3 is 20.5 Å². The SMILES string of the molecule is Cc1cc(C(=O)NCCN2CCCC2)c(C=C2C(=O)Nc3cccc(-c4ccc(F)c(Cl)c4)c32)[nH]1. The molecular weight excluding hydrogens is 467 g/mol. The quantitative estimate of drug-likeness (QED) is 0.419. The number of benzene rings is 2. The molecule has 2 aromatic carbocycles. The second-order valence-corrected chi connectivity index (χ2v) is 9.36. The van der Waals surface area contributed by atoms with E-state index in [2.05, 4.69) is 20.5 Å². The number of halogens is 2. The van der Waals surface area contributed by atoms with E-state index in [0.29, 0.717) is 40.2 Å². The molecule has 6 nitrogen and oxygen atoms in total. The number of nitrogens with one attached hydrogen (secondary N) is 3. The van der Waals surface area contributed by atoms with Gasteiger partial charge in [-0.1, -0.05) is 29.8 Å². The molecule has 0 saturated carbocycles. The minimum absolute atomic E-state index is 0.01000. The van der Waals surface area contributed by atoms with Gasteiger partial charge >= 0.3 is 0 Å². The van der Waals surface area contributed by atoms with Gasteiger partial charge in [-0.25, -0.2) is 4.39 Å². The average molecular weight is 493 g/mol. The first-order chi connectivity index (χ1) is 16.9. The maximum Gasteiger partial charge on any atom is 0.256 e. The van der Waals surface area contributed by atoms with E-state index in [9.17, 15) is 14.0 Å². The van der Waals surface area contributed by atoms with Crippen LogP contribution in [0.1, 0.15) is 40.2 Å². The van der Waals surface area contributed by atoms with Gasteiger partial charge in [0.05, 0.1) is 21.9 Å². The number of carbonyl (C=O) groups excluding carboxylic acids is 2. The van der Waals surface area contributed by atoms with Gasteiger partial charge in [0.25, 0.3) is 11.8 Å². The molecule has 1 aromatic heterocycles. The summed E-state index contributed by atoms with van der Waals surface area (Å²) in [4.78, 5) is 31.5. The molecule has 0 unspecified atom stereocenters. The number of anilines is 1. The minimum atomic E-state index is -0.504. The summed E-state index contributed by atoms with van der Waals surface area (Å²) in [7, 11) is 0. The Kier molecular flexibility index (Phi) is 6.45. The number of aryl methyl sites for hydroxylation is 1. The van der Waals surface area contributed by atoms with E-state index in [0.717, 1.165) is 30.9 Å². The highest BCUT2D eigenvalue weighted by Gasteiger charge is 2.28. The molecule has 2 aliphatic heterocycles. The molecule has 0 atom stereocenters. The lowest BCUT2D eigenvalue weighted by Gasteiger charge is -2.14. The molecule has 3 aromatic rings. The fraction of sp³-hybridized carbons (Fsp3) is 0.259. The van der Waals surface area contributed by atoms with Crippen molar-refractivity contribution in [3.8, 4) is 11.1 Å². The van der Waals surface area contributed by atoms with Crippen LogP contribution >= 0.6 is 11.6 Å². The van der Waals surface area contributed by atoms with Crippen LogP contribution in [0.15, 0.2) is 42.5 Å². The third-order valence-electron chi connectivity index (χ3n) is 6.49. The second kappa shape index (κ2) is 9.68. The molecule has 2 aliphatic rings. The van der Waals surface area contributed by atoms with Crippen molar-refractivity contribution in [1.29, 1.82) is 0 Å². The Balaban J connectivity index is 1.47. The van der Waals surface area contributed by atoms with Gasteiger partial charge in [0.1, 0.15) is 5.82 Å². The Morgan fingerprint density at radius 1 is 1.20 bits per heavy atom. The first-order valence-corrected chi connectivity index (χ1v) is 12.1. The normalized spacial score (nSPS) is 16.5. The number of aromatic nitrogens is 1. The molecule has 5 rings (SSSR count). The van der Waals surface area contributed by atoms with Crippen molar-refractivity contribution < 1.29 is 14.0 Å². The maximum absolute atomic E-state index is 13.8. The standard InChI is InChI=1S/C27H26ClFN4O2/c1-16-13-19(26(34)30-9-12-33-10-2-3-11-33)24(31-16)15-20-25-18(5-4-6-23(25)32-27(20)35)17-7-8-22(29)21(28)14-17/h4-8,13-15,31H,2-3,9-12H2,1H3,(H,30,34)(H,32,35). The van der Waals surface area contributed by atoms with Crippen molar-refractivity contribution in [3.05, 3.63) is 75.8 Å². The lowest BCUT2D eigenvalue weighted by Crippen LogP contribution is -2.33. The van der Waals surface area contributed by atoms with E-state index in [1.165, 1.54) is 18.9 Å². The van der Waals surface area contributed by atoms with Crippen LogP contribution in [-0.4, -0.2) is 47.9 Å². The fourth-order valence-electron chi connectivity index (χ4n) is 4.78. The van der Waals surface area contributed by atoms with Gasteiger partial charge in [-0.05, 0) is 74.3 Å². The number of carbonyl (C=O) groups is 2. The number of hydrogen-bond acceptors (Lipinski definition) is 3. The van der Waals surface area contributed by atoms with E-state index < -0.39 is 5.82 Å². The van der Waals surface area contributed by atoms with Gasteiger partial charge in [-0.3, -0.25) is 9.59 Å². The van der Waals surface area contributed by atoms with Crippen molar-refractivity contribution in [3.63, 3.8) is 0 Å². The Morgan fingerprint density at radius 2 is 2.00 bits per heavy atom. The number of amides is 2. The fourth-order valence-corrected chi connectivity index (χ4v) is 4.96. The van der Waals surface area contributed by atoms with Crippen LogP contribution < -0.4 is 10.6 Å². The molecule has 35 heavy (non-hydrogen) atoms. The first-order valence-electron chi connectivity index (χ1n) is 11.7. The number of nitrogens with zero attached hydrogens (tertiary/aromatic N) is 1. The third-order valence-corrected chi connectivity index (χ3v) is 6.78. The Morgan fingerprint density at radius 3 is 2.77 bits per heavy atom. The van der Waals surface area contributed by atoms with Crippen molar-refractivity contribution in [2.45, 2.75) is 19.8 Å². The van der Waals surface area contributed by atoms with Crippen LogP contribution in [0.2, 0.25) is 5.02 Å². The predicted molar refractivity (Wildman–Crippen MR) is 137 cm³/mol. The largest absolute Gasteiger partial charge is 0.358 e. The van der Waals surface area contributed by atoms with E-state index in [1.54, 1.807) is 24.3 Å². The van der Waals surface area contributed by atoms with Crippen LogP contribution in [0.5, 0.6) is 0 Å². The highest BCUT2D eigenvalue weighted by atomic mass is 35.5. The van der Waals surface area contributed by atoms with Crippen molar-refractivity contribution >= 4 is 40.8 Å². The molecule has 1 saturated heterocycles. The van der Waals surface area contributed by atoms with Crippen LogP contribution in [0.4, 0.5) is 10.1 Å². The number of hydrogen-bond donors (Lipinski definition) is 3. The van der Waals surface area contributed by atoms with Crippen LogP contribution in [-0.2, 0) is 4.79 Å². The average Bonchev–Trinajstić information content (AvgIpc) is 3.55. The highest BCUT2D eigenvalue weighted by Crippen LogP contribution is 2.41. The van der Waals surface area contributed by atoms with E-state index in [4.69, 9.17) is 11.6 Å². The zero-order valence-electron chi connectivity index (χ0n) is 19.4. The van der Waals surface area contributed by atoms with E-state index >= 15 is 0 Å². The summed E-state index contributed by atoms with van der Waals surface area (Å²) in [5.74, 6) is -0.957. The summed E-state index contributed by atoms with van der Waals surface area (Å²) in [6, 6.07) is 11.8. The molecular formula is C27H26ClFN4O2. The first kappa shape index (κ1) is 23.3. The minimum Gasteiger partial charge on any atom is -0.358 e. The van der Waals surface area contributed by atoms with Crippen LogP contribution in [0, 0.1) is 12.7 Å². The molecule has 3 N–H and O–H groups in total. The number of fused-ring (bicyclic) bond motifs is 1. The van der Waals surface area contributed by atoms with Gasteiger partial charge in [-0.15, -0.1) is 0 Å². The van der Waals surface area contributed by atoms with Crippen molar-refractivity contribution in [2.75, 3.05) is 31.5 Å². The summed E-state index contributed by atoms with van der Waals surface area (Å²) in [5, 5.41) is 5.90. The van der Waals surface area contributed by atoms with Crippen LogP contribution in [0.3, 0.4) is 0 Å². The van der Waals surface area contributed by atoms with Crippen LogP contribution in [0.25, 0.3) is 22.8 Å². The topological polar surface area (TPSA) is 77.2 Å². The summed E-state index contributed by atoms with van der Waals surface area (Å²) in [6.07, 6.45) is 4.12. The summed E-state index contributed by atoms with van der Waals surface area (Å²) in [5.41, 5.74) is 5.06. The predicted octanol–water partition coefficient (Wildman–Crippen LogP) is 5.10. The Bertz CT molecular complexity index is 1340. The van der Waals surface area contributed by atoms with Gasteiger partial charge in [0.15, 0.2) is 0 Å². The molecule has 0 aliphatic carbocycles. The van der Waals surface area contributed by atoms with Gasteiger partial charge in [0, 0.05) is 30.0 Å². The number of likely N-dealkylation sites (tertiary alicyclic amines) is 1. The molecule has 0 bridgehead atoms. The lowest BCUT2D eigenvalue weighted by molar-refractivity contribution is -0.110. The van der Waals surface area contributed by atoms with E-state index in [1.807, 2.05) is 25.1 Å². The second-order valence-electron chi connectivity index (χ2n) is 8.95. The number of rotatable bonds is 6. The summed E-state index contributed by atoms with van der Waals surface area (Å²) < 4.78 is 13.8. The molecule has 0 radical (unpaired) electrons. The molecule has 3 heterocycles. The van der Waals surface area contributed by atoms with Gasteiger partial charge in [-0.2, -0.15) is 0 Å². The zero-order valence-corrected chi connectivity index (χ0v) is 20.1. The smallest absolute Gasteiger partial charge is 0.256 e.